The lowest BCUT2D eigenvalue weighted by molar-refractivity contribution is -0.0559. The lowest BCUT2D eigenvalue weighted by atomic mass is 9.72. The second kappa shape index (κ2) is 14.5. The van der Waals surface area contributed by atoms with E-state index in [9.17, 15) is 9.90 Å². The Bertz CT molecular complexity index is 952. The summed E-state index contributed by atoms with van der Waals surface area (Å²) in [5.74, 6) is 0.451. The number of amides is 2. The first-order valence-corrected chi connectivity index (χ1v) is 13.9. The zero-order valence-electron chi connectivity index (χ0n) is 23.2. The minimum atomic E-state index is -1.04. The minimum Gasteiger partial charge on any atom is -0.385 e. The summed E-state index contributed by atoms with van der Waals surface area (Å²) < 4.78 is 5.29. The van der Waals surface area contributed by atoms with E-state index in [-0.39, 0.29) is 18.0 Å². The van der Waals surface area contributed by atoms with E-state index < -0.39 is 5.60 Å². The highest BCUT2D eigenvalue weighted by atomic mass is 16.5. The Balaban J connectivity index is 1.87. The van der Waals surface area contributed by atoms with Gasteiger partial charge >= 0.3 is 6.03 Å². The minimum absolute atomic E-state index is 0.0244. The summed E-state index contributed by atoms with van der Waals surface area (Å²) in [5.41, 5.74) is 2.08. The van der Waals surface area contributed by atoms with Gasteiger partial charge in [0.15, 0.2) is 0 Å². The Hall–Kier alpha value is -2.41. The summed E-state index contributed by atoms with van der Waals surface area (Å²) in [7, 11) is 3.64. The molecule has 1 fully saturated rings. The Morgan fingerprint density at radius 3 is 2.57 bits per heavy atom. The fraction of sp³-hybridized carbons (Fsp3) is 0.581. The maximum atomic E-state index is 13.4. The molecule has 3 N–H and O–H groups in total. The van der Waals surface area contributed by atoms with E-state index in [1.807, 2.05) is 42.3 Å². The van der Waals surface area contributed by atoms with Crippen molar-refractivity contribution in [3.05, 3.63) is 60.2 Å². The molecule has 0 spiro atoms. The van der Waals surface area contributed by atoms with E-state index in [2.05, 4.69) is 48.7 Å². The molecule has 1 heterocycles. The molecule has 37 heavy (non-hydrogen) atoms. The normalized spacial score (nSPS) is 18.4. The van der Waals surface area contributed by atoms with Crippen molar-refractivity contribution in [2.75, 3.05) is 40.4 Å². The van der Waals surface area contributed by atoms with Crippen molar-refractivity contribution in [2.24, 2.45) is 11.8 Å². The molecule has 0 aromatic heterocycles. The first-order chi connectivity index (χ1) is 17.9. The third-order valence-corrected chi connectivity index (χ3v) is 7.55. The van der Waals surface area contributed by atoms with E-state index in [1.165, 1.54) is 0 Å². The van der Waals surface area contributed by atoms with Crippen LogP contribution in [-0.4, -0.2) is 62.5 Å². The number of likely N-dealkylation sites (N-methyl/N-ethyl adjacent to an activating group) is 1. The lowest BCUT2D eigenvalue weighted by Gasteiger charge is -2.44. The molecule has 1 aliphatic heterocycles. The monoisotopic (exact) mass is 509 g/mol. The largest absolute Gasteiger partial charge is 0.385 e. The van der Waals surface area contributed by atoms with Crippen LogP contribution in [0.15, 0.2) is 54.6 Å². The number of ether oxygens (including phenoxy) is 1. The molecule has 204 valence electrons. The first kappa shape index (κ1) is 29.2. The van der Waals surface area contributed by atoms with Gasteiger partial charge in [0.1, 0.15) is 0 Å². The van der Waals surface area contributed by atoms with Crippen molar-refractivity contribution in [2.45, 2.75) is 64.0 Å². The van der Waals surface area contributed by atoms with Crippen LogP contribution in [0.3, 0.4) is 0 Å². The van der Waals surface area contributed by atoms with Crippen molar-refractivity contribution in [1.29, 1.82) is 0 Å². The third-order valence-electron chi connectivity index (χ3n) is 7.55. The summed E-state index contributed by atoms with van der Waals surface area (Å²) in [4.78, 5) is 15.3. The molecule has 6 heteroatoms. The summed E-state index contributed by atoms with van der Waals surface area (Å²) >= 11 is 0. The van der Waals surface area contributed by atoms with E-state index >= 15 is 0 Å². The molecule has 0 unspecified atom stereocenters. The standard InChI is InChI=1S/C31H47N3O3/c1-24(2)21-27(22-32-3)33-30(35)34-19-12-15-26(23-34)31(36,18-10-11-20-37-4)29-17-9-8-16-28(29)25-13-6-5-7-14-25/h5-9,13-14,16-17,24,26-27,32,36H,10-12,15,18-23H2,1-4H3,(H,33,35)/t26-,27+,31+/m1/s1. The van der Waals surface area contributed by atoms with E-state index in [1.54, 1.807) is 7.11 Å². The zero-order chi connectivity index (χ0) is 26.7. The number of methoxy groups -OCH3 is 1. The van der Waals surface area contributed by atoms with Crippen LogP contribution in [0.1, 0.15) is 57.9 Å². The zero-order valence-corrected chi connectivity index (χ0v) is 23.2. The fourth-order valence-electron chi connectivity index (χ4n) is 5.76. The number of benzene rings is 2. The molecule has 0 bridgehead atoms. The molecule has 2 amide bonds. The van der Waals surface area contributed by atoms with E-state index in [0.717, 1.165) is 61.9 Å². The molecule has 0 saturated carbocycles. The number of rotatable bonds is 13. The van der Waals surface area contributed by atoms with Crippen molar-refractivity contribution >= 4 is 6.03 Å². The van der Waals surface area contributed by atoms with Crippen LogP contribution in [-0.2, 0) is 10.3 Å². The average molecular weight is 510 g/mol. The van der Waals surface area contributed by atoms with Crippen molar-refractivity contribution in [1.82, 2.24) is 15.5 Å². The highest BCUT2D eigenvalue weighted by molar-refractivity contribution is 5.75. The molecule has 2 aromatic carbocycles. The van der Waals surface area contributed by atoms with Gasteiger partial charge in [-0.15, -0.1) is 0 Å². The molecule has 6 nitrogen and oxygen atoms in total. The van der Waals surface area contributed by atoms with Crippen LogP contribution in [0.5, 0.6) is 0 Å². The second-order valence-electron chi connectivity index (χ2n) is 10.9. The molecule has 0 radical (unpaired) electrons. The molecule has 2 aromatic rings. The summed E-state index contributed by atoms with van der Waals surface area (Å²) in [6, 6.07) is 18.6. The number of likely N-dealkylation sites (tertiary alicyclic amines) is 1. The van der Waals surface area contributed by atoms with Crippen LogP contribution in [0.25, 0.3) is 11.1 Å². The Kier molecular flexibility index (Phi) is 11.4. The highest BCUT2D eigenvalue weighted by Gasteiger charge is 2.42. The Labute approximate surface area is 223 Å². The molecular weight excluding hydrogens is 462 g/mol. The van der Waals surface area contributed by atoms with Crippen LogP contribution in [0, 0.1) is 11.8 Å². The van der Waals surface area contributed by atoms with E-state index in [0.29, 0.717) is 25.5 Å². The molecule has 1 aliphatic rings. The molecule has 3 rings (SSSR count). The van der Waals surface area contributed by atoms with Crippen molar-refractivity contribution in [3.8, 4) is 11.1 Å². The van der Waals surface area contributed by atoms with Gasteiger partial charge in [0.2, 0.25) is 0 Å². The molecule has 0 aliphatic carbocycles. The number of carbonyl (C=O) groups excluding carboxylic acids is 1. The van der Waals surface area contributed by atoms with Gasteiger partial charge in [-0.2, -0.15) is 0 Å². The number of urea groups is 1. The van der Waals surface area contributed by atoms with Crippen LogP contribution in [0.4, 0.5) is 4.79 Å². The smallest absolute Gasteiger partial charge is 0.317 e. The highest BCUT2D eigenvalue weighted by Crippen LogP contribution is 2.43. The van der Waals surface area contributed by atoms with Crippen molar-refractivity contribution in [3.63, 3.8) is 0 Å². The van der Waals surface area contributed by atoms with Gasteiger partial charge in [-0.25, -0.2) is 4.79 Å². The first-order valence-electron chi connectivity index (χ1n) is 13.9. The number of nitrogens with zero attached hydrogens (tertiary/aromatic N) is 1. The van der Waals surface area contributed by atoms with E-state index in [4.69, 9.17) is 4.74 Å². The van der Waals surface area contributed by atoms with Gasteiger partial charge in [0.05, 0.1) is 5.60 Å². The lowest BCUT2D eigenvalue weighted by Crippen LogP contribution is -2.54. The second-order valence-corrected chi connectivity index (χ2v) is 10.9. The Morgan fingerprint density at radius 2 is 1.86 bits per heavy atom. The average Bonchev–Trinajstić information content (AvgIpc) is 2.91. The SMILES string of the molecule is CNC[C@H](CC(C)C)NC(=O)N1CCC[C@@H]([C@@](O)(CCCCOC)c2ccccc2-c2ccccc2)C1. The van der Waals surface area contributed by atoms with Gasteiger partial charge in [-0.05, 0) is 68.2 Å². The predicted molar refractivity (Wildman–Crippen MR) is 152 cm³/mol. The molecule has 3 atom stereocenters. The quantitative estimate of drug-likeness (QED) is 0.316. The maximum absolute atomic E-state index is 13.4. The van der Waals surface area contributed by atoms with Crippen LogP contribution < -0.4 is 10.6 Å². The number of piperidine rings is 1. The fourth-order valence-corrected chi connectivity index (χ4v) is 5.76. The summed E-state index contributed by atoms with van der Waals surface area (Å²) in [6.45, 7) is 7.05. The Morgan fingerprint density at radius 1 is 1.14 bits per heavy atom. The number of nitrogens with one attached hydrogen (secondary N) is 2. The number of aliphatic hydroxyl groups is 1. The van der Waals surface area contributed by atoms with Gasteiger partial charge in [-0.1, -0.05) is 68.4 Å². The van der Waals surface area contributed by atoms with Gasteiger partial charge in [0, 0.05) is 45.3 Å². The number of hydrogen-bond donors (Lipinski definition) is 3. The van der Waals surface area contributed by atoms with Crippen LogP contribution in [0.2, 0.25) is 0 Å². The van der Waals surface area contributed by atoms with Gasteiger partial charge in [0.25, 0.3) is 0 Å². The molecule has 1 saturated heterocycles. The number of hydrogen-bond acceptors (Lipinski definition) is 4. The van der Waals surface area contributed by atoms with Gasteiger partial charge < -0.3 is 25.4 Å². The van der Waals surface area contributed by atoms with Crippen molar-refractivity contribution < 1.29 is 14.6 Å². The third kappa shape index (κ3) is 8.03. The summed E-state index contributed by atoms with van der Waals surface area (Å²) in [5, 5.41) is 19.0. The number of carbonyl (C=O) groups is 1. The van der Waals surface area contributed by atoms with Gasteiger partial charge in [-0.3, -0.25) is 0 Å². The summed E-state index contributed by atoms with van der Waals surface area (Å²) in [6.07, 6.45) is 5.08. The predicted octanol–water partition coefficient (Wildman–Crippen LogP) is 5.41. The maximum Gasteiger partial charge on any atom is 0.317 e. The molecular formula is C31H47N3O3. The topological polar surface area (TPSA) is 73.8 Å². The van der Waals surface area contributed by atoms with Crippen LogP contribution >= 0.6 is 0 Å². The number of unbranched alkanes of at least 4 members (excludes halogenated alkanes) is 1.